The lowest BCUT2D eigenvalue weighted by Crippen LogP contribution is -2.33. The monoisotopic (exact) mass is 456 g/mol. The van der Waals surface area contributed by atoms with Crippen molar-refractivity contribution in [1.29, 1.82) is 0 Å². The number of halogens is 3. The molecule has 7 nitrogen and oxygen atoms in total. The van der Waals surface area contributed by atoms with Crippen LogP contribution in [-0.2, 0) is 23.9 Å². The fourth-order valence-corrected chi connectivity index (χ4v) is 3.61. The largest absolute Gasteiger partial charge is 0.416 e. The second kappa shape index (κ2) is 8.89. The highest BCUT2D eigenvalue weighted by atomic mass is 19.4. The van der Waals surface area contributed by atoms with E-state index in [0.717, 1.165) is 34.5 Å². The van der Waals surface area contributed by atoms with E-state index in [9.17, 15) is 27.6 Å². The van der Waals surface area contributed by atoms with Gasteiger partial charge in [0.25, 0.3) is 11.5 Å². The van der Waals surface area contributed by atoms with Crippen LogP contribution in [0.1, 0.15) is 28.0 Å². The van der Waals surface area contributed by atoms with Crippen molar-refractivity contribution in [2.24, 2.45) is 0 Å². The number of anilines is 2. The lowest BCUT2D eigenvalue weighted by Gasteiger charge is -2.17. The standard InChI is InChI=1S/C23H19F3N4O3/c24-23(25,26)16-5-3-6-17(14-16)27-20(31)11-13-30-21(32)9-8-18(28-30)22(33)29-12-10-15-4-1-2-7-19(15)29/h1-9,14H,10-13H2,(H,27,31). The minimum Gasteiger partial charge on any atom is -0.326 e. The highest BCUT2D eigenvalue weighted by Crippen LogP contribution is 2.31. The molecule has 3 aromatic rings. The van der Waals surface area contributed by atoms with Crippen LogP contribution in [-0.4, -0.2) is 28.1 Å². The van der Waals surface area contributed by atoms with E-state index in [1.165, 1.54) is 24.3 Å². The fourth-order valence-electron chi connectivity index (χ4n) is 3.61. The van der Waals surface area contributed by atoms with Gasteiger partial charge in [-0.05, 0) is 42.3 Å². The molecule has 0 aliphatic carbocycles. The summed E-state index contributed by atoms with van der Waals surface area (Å²) in [6, 6.07) is 14.3. The molecule has 2 heterocycles. The van der Waals surface area contributed by atoms with Crippen molar-refractivity contribution in [2.45, 2.75) is 25.6 Å². The third kappa shape index (κ3) is 4.94. The molecule has 0 bridgehead atoms. The molecule has 0 atom stereocenters. The Balaban J connectivity index is 1.43. The first kappa shape index (κ1) is 22.3. The zero-order valence-electron chi connectivity index (χ0n) is 17.3. The number of carbonyl (C=O) groups excluding carboxylic acids is 2. The summed E-state index contributed by atoms with van der Waals surface area (Å²) in [6.07, 6.45) is -4.02. The number of alkyl halides is 3. The maximum absolute atomic E-state index is 12.9. The molecule has 1 aliphatic heterocycles. The number of nitrogens with zero attached hydrogens (tertiary/aromatic N) is 3. The van der Waals surface area contributed by atoms with Crippen LogP contribution >= 0.6 is 0 Å². The average Bonchev–Trinajstić information content (AvgIpc) is 3.22. The Morgan fingerprint density at radius 3 is 2.61 bits per heavy atom. The van der Waals surface area contributed by atoms with Crippen LogP contribution < -0.4 is 15.8 Å². The van der Waals surface area contributed by atoms with Crippen LogP contribution in [0.4, 0.5) is 24.5 Å². The highest BCUT2D eigenvalue weighted by molar-refractivity contribution is 6.05. The van der Waals surface area contributed by atoms with Gasteiger partial charge in [-0.3, -0.25) is 14.4 Å². The second-order valence-electron chi connectivity index (χ2n) is 7.49. The van der Waals surface area contributed by atoms with Gasteiger partial charge in [-0.15, -0.1) is 0 Å². The summed E-state index contributed by atoms with van der Waals surface area (Å²) in [5.41, 5.74) is 0.512. The van der Waals surface area contributed by atoms with Gasteiger partial charge in [0.1, 0.15) is 5.69 Å². The summed E-state index contributed by atoms with van der Waals surface area (Å²) in [4.78, 5) is 38.9. The predicted molar refractivity (Wildman–Crippen MR) is 115 cm³/mol. The number of nitrogens with one attached hydrogen (secondary N) is 1. The first-order valence-electron chi connectivity index (χ1n) is 10.2. The maximum atomic E-state index is 12.9. The van der Waals surface area contributed by atoms with E-state index in [1.807, 2.05) is 24.3 Å². The zero-order chi connectivity index (χ0) is 23.6. The molecule has 2 aromatic carbocycles. The number of para-hydroxylation sites is 1. The van der Waals surface area contributed by atoms with Crippen LogP contribution in [0, 0.1) is 0 Å². The number of carbonyl (C=O) groups is 2. The third-order valence-electron chi connectivity index (χ3n) is 5.24. The predicted octanol–water partition coefficient (Wildman–Crippen LogP) is 3.49. The number of hydrogen-bond acceptors (Lipinski definition) is 4. The van der Waals surface area contributed by atoms with Gasteiger partial charge in [0.05, 0.1) is 12.1 Å². The first-order valence-corrected chi connectivity index (χ1v) is 10.2. The topological polar surface area (TPSA) is 84.3 Å². The SMILES string of the molecule is O=C(CCn1nc(C(=O)N2CCc3ccccc32)ccc1=O)Nc1cccc(C(F)(F)F)c1. The summed E-state index contributed by atoms with van der Waals surface area (Å²) >= 11 is 0. The molecule has 10 heteroatoms. The Kier molecular flexibility index (Phi) is 5.99. The highest BCUT2D eigenvalue weighted by Gasteiger charge is 2.30. The molecular formula is C23H19F3N4O3. The molecular weight excluding hydrogens is 437 g/mol. The summed E-state index contributed by atoms with van der Waals surface area (Å²) < 4.78 is 39.5. The van der Waals surface area contributed by atoms with Crippen molar-refractivity contribution in [3.63, 3.8) is 0 Å². The van der Waals surface area contributed by atoms with Crippen LogP contribution in [0.3, 0.4) is 0 Å². The van der Waals surface area contributed by atoms with Crippen molar-refractivity contribution >= 4 is 23.2 Å². The summed E-state index contributed by atoms with van der Waals surface area (Å²) in [7, 11) is 0. The third-order valence-corrected chi connectivity index (χ3v) is 5.24. The zero-order valence-corrected chi connectivity index (χ0v) is 17.3. The fraction of sp³-hybridized carbons (Fsp3) is 0.217. The van der Waals surface area contributed by atoms with Gasteiger partial charge < -0.3 is 10.2 Å². The molecule has 1 aliphatic rings. The first-order chi connectivity index (χ1) is 15.7. The van der Waals surface area contributed by atoms with Crippen LogP contribution in [0.5, 0.6) is 0 Å². The van der Waals surface area contributed by atoms with Gasteiger partial charge in [-0.1, -0.05) is 24.3 Å². The minimum atomic E-state index is -4.53. The number of amides is 2. The number of hydrogen-bond donors (Lipinski definition) is 1. The molecule has 4 rings (SSSR count). The van der Waals surface area contributed by atoms with Crippen molar-refractivity contribution in [1.82, 2.24) is 9.78 Å². The lowest BCUT2D eigenvalue weighted by molar-refractivity contribution is -0.137. The molecule has 0 unspecified atom stereocenters. The Labute approximate surface area is 186 Å². The number of fused-ring (bicyclic) bond motifs is 1. The van der Waals surface area contributed by atoms with Gasteiger partial charge >= 0.3 is 6.18 Å². The maximum Gasteiger partial charge on any atom is 0.416 e. The Hall–Kier alpha value is -3.95. The number of aryl methyl sites for hydroxylation is 1. The summed E-state index contributed by atoms with van der Waals surface area (Å²) in [5.74, 6) is -0.949. The molecule has 33 heavy (non-hydrogen) atoms. The smallest absolute Gasteiger partial charge is 0.326 e. The minimum absolute atomic E-state index is 0.00763. The van der Waals surface area contributed by atoms with E-state index in [2.05, 4.69) is 10.4 Å². The number of benzene rings is 2. The molecule has 0 fully saturated rings. The second-order valence-corrected chi connectivity index (χ2v) is 7.49. The van der Waals surface area contributed by atoms with E-state index in [4.69, 9.17) is 0 Å². The molecule has 0 saturated carbocycles. The van der Waals surface area contributed by atoms with Crippen LogP contribution in [0.25, 0.3) is 0 Å². The van der Waals surface area contributed by atoms with Gasteiger partial charge in [-0.25, -0.2) is 4.68 Å². The Bertz CT molecular complexity index is 1270. The van der Waals surface area contributed by atoms with Crippen molar-refractivity contribution in [3.05, 3.63) is 87.8 Å². The van der Waals surface area contributed by atoms with E-state index in [0.29, 0.717) is 6.54 Å². The summed E-state index contributed by atoms with van der Waals surface area (Å²) in [6.45, 7) is 0.361. The van der Waals surface area contributed by atoms with Crippen molar-refractivity contribution < 1.29 is 22.8 Å². The Morgan fingerprint density at radius 2 is 1.82 bits per heavy atom. The summed E-state index contributed by atoms with van der Waals surface area (Å²) in [5, 5.41) is 6.48. The number of rotatable bonds is 5. The molecule has 0 radical (unpaired) electrons. The molecule has 0 spiro atoms. The van der Waals surface area contributed by atoms with Gasteiger partial charge in [-0.2, -0.15) is 18.3 Å². The van der Waals surface area contributed by atoms with Gasteiger partial charge in [0.15, 0.2) is 0 Å². The van der Waals surface area contributed by atoms with Gasteiger partial charge in [0.2, 0.25) is 5.91 Å². The molecule has 170 valence electrons. The molecule has 1 N–H and O–H groups in total. The quantitative estimate of drug-likeness (QED) is 0.637. The number of aromatic nitrogens is 2. The van der Waals surface area contributed by atoms with E-state index < -0.39 is 23.2 Å². The normalized spacial score (nSPS) is 13.0. The molecule has 2 amide bonds. The Morgan fingerprint density at radius 1 is 1.03 bits per heavy atom. The average molecular weight is 456 g/mol. The van der Waals surface area contributed by atoms with Crippen LogP contribution in [0.15, 0.2) is 65.5 Å². The van der Waals surface area contributed by atoms with Crippen molar-refractivity contribution in [2.75, 3.05) is 16.8 Å². The van der Waals surface area contributed by atoms with Gasteiger partial charge in [0, 0.05) is 30.4 Å². The molecule has 0 saturated heterocycles. The lowest BCUT2D eigenvalue weighted by atomic mass is 10.2. The van der Waals surface area contributed by atoms with E-state index >= 15 is 0 Å². The van der Waals surface area contributed by atoms with E-state index in [-0.39, 0.29) is 30.3 Å². The van der Waals surface area contributed by atoms with E-state index in [1.54, 1.807) is 4.90 Å². The molecule has 1 aromatic heterocycles. The van der Waals surface area contributed by atoms with Crippen LogP contribution in [0.2, 0.25) is 0 Å². The van der Waals surface area contributed by atoms with Crippen molar-refractivity contribution in [3.8, 4) is 0 Å².